The zero-order valence-electron chi connectivity index (χ0n) is 16.0. The normalized spacial score (nSPS) is 18.7. The Morgan fingerprint density at radius 1 is 1.20 bits per heavy atom. The first-order chi connectivity index (χ1) is 12.2. The van der Waals surface area contributed by atoms with Gasteiger partial charge >= 0.3 is 0 Å². The molecule has 1 aliphatic rings. The van der Waals surface area contributed by atoms with Gasteiger partial charge in [-0.25, -0.2) is 0 Å². The van der Waals surface area contributed by atoms with Crippen molar-refractivity contribution in [2.45, 2.75) is 38.8 Å². The smallest absolute Gasteiger partial charge is 0.191 e. The summed E-state index contributed by atoms with van der Waals surface area (Å²) in [7, 11) is 5.09. The van der Waals surface area contributed by atoms with Gasteiger partial charge in [0, 0.05) is 32.7 Å². The molecule has 140 valence electrons. The lowest BCUT2D eigenvalue weighted by Crippen LogP contribution is -2.45. The second-order valence-electron chi connectivity index (χ2n) is 6.42. The van der Waals surface area contributed by atoms with Gasteiger partial charge in [-0.15, -0.1) is 0 Å². The zero-order chi connectivity index (χ0) is 18.1. The number of aliphatic imine (C=N–C) groups is 1. The van der Waals surface area contributed by atoms with E-state index in [1.54, 1.807) is 21.3 Å². The van der Waals surface area contributed by atoms with Crippen molar-refractivity contribution in [1.29, 1.82) is 0 Å². The Hall–Kier alpha value is -1.95. The average molecular weight is 348 g/mol. The van der Waals surface area contributed by atoms with E-state index in [9.17, 15) is 0 Å². The number of likely N-dealkylation sites (tertiary alicyclic amines) is 1. The molecule has 6 heteroatoms. The van der Waals surface area contributed by atoms with Gasteiger partial charge in [-0.05, 0) is 44.0 Å². The van der Waals surface area contributed by atoms with Gasteiger partial charge in [0.2, 0.25) is 0 Å². The highest BCUT2D eigenvalue weighted by atomic mass is 16.5. The molecule has 25 heavy (non-hydrogen) atoms. The van der Waals surface area contributed by atoms with Gasteiger partial charge < -0.3 is 20.1 Å². The third kappa shape index (κ3) is 5.81. The number of rotatable bonds is 7. The summed E-state index contributed by atoms with van der Waals surface area (Å²) >= 11 is 0. The Morgan fingerprint density at radius 3 is 2.68 bits per heavy atom. The van der Waals surface area contributed by atoms with E-state index in [1.807, 2.05) is 18.2 Å². The van der Waals surface area contributed by atoms with Crippen LogP contribution in [0.2, 0.25) is 0 Å². The van der Waals surface area contributed by atoms with Crippen molar-refractivity contribution in [3.8, 4) is 11.5 Å². The fourth-order valence-corrected chi connectivity index (χ4v) is 3.20. The molecular weight excluding hydrogens is 316 g/mol. The largest absolute Gasteiger partial charge is 0.493 e. The average Bonchev–Trinajstić information content (AvgIpc) is 2.65. The molecule has 6 nitrogen and oxygen atoms in total. The topological polar surface area (TPSA) is 58.1 Å². The monoisotopic (exact) mass is 348 g/mol. The third-order valence-electron chi connectivity index (χ3n) is 4.76. The second kappa shape index (κ2) is 10.1. The van der Waals surface area contributed by atoms with Crippen molar-refractivity contribution in [2.75, 3.05) is 40.9 Å². The minimum atomic E-state index is 0.681. The second-order valence-corrected chi connectivity index (χ2v) is 6.42. The van der Waals surface area contributed by atoms with Crippen LogP contribution in [0.25, 0.3) is 0 Å². The molecular formula is C19H32N4O2. The fourth-order valence-electron chi connectivity index (χ4n) is 3.20. The summed E-state index contributed by atoms with van der Waals surface area (Å²) in [6.45, 7) is 6.16. The van der Waals surface area contributed by atoms with Crippen molar-refractivity contribution in [3.05, 3.63) is 23.8 Å². The Labute approximate surface area is 151 Å². The minimum absolute atomic E-state index is 0.681. The molecule has 1 heterocycles. The van der Waals surface area contributed by atoms with E-state index >= 15 is 0 Å². The first-order valence-electron chi connectivity index (χ1n) is 9.07. The Bertz CT molecular complexity index is 562. The molecule has 1 unspecified atom stereocenters. The first kappa shape index (κ1) is 19.4. The maximum absolute atomic E-state index is 5.35. The van der Waals surface area contributed by atoms with E-state index in [0.29, 0.717) is 12.6 Å². The fraction of sp³-hybridized carbons (Fsp3) is 0.632. The molecule has 0 saturated carbocycles. The predicted octanol–water partition coefficient (Wildman–Crippen LogP) is 2.24. The number of hydrogen-bond donors (Lipinski definition) is 2. The summed E-state index contributed by atoms with van der Waals surface area (Å²) in [5.41, 5.74) is 1.12. The SMILES string of the molecule is CN=C(NCCN1CCCCC1C)NCc1ccc(OC)c(OC)c1. The summed E-state index contributed by atoms with van der Waals surface area (Å²) in [6.07, 6.45) is 3.99. The lowest BCUT2D eigenvalue weighted by Gasteiger charge is -2.33. The van der Waals surface area contributed by atoms with Crippen LogP contribution in [0.15, 0.2) is 23.2 Å². The maximum atomic E-state index is 5.35. The van der Waals surface area contributed by atoms with Crippen molar-refractivity contribution >= 4 is 5.96 Å². The van der Waals surface area contributed by atoms with Gasteiger partial charge in [-0.2, -0.15) is 0 Å². The van der Waals surface area contributed by atoms with Crippen LogP contribution in [0.1, 0.15) is 31.7 Å². The Kier molecular flexibility index (Phi) is 7.85. The maximum Gasteiger partial charge on any atom is 0.191 e. The summed E-state index contributed by atoms with van der Waals surface area (Å²) < 4.78 is 10.6. The molecule has 1 aromatic carbocycles. The molecule has 1 aromatic rings. The van der Waals surface area contributed by atoms with Crippen LogP contribution in [0, 0.1) is 0 Å². The highest BCUT2D eigenvalue weighted by molar-refractivity contribution is 5.79. The highest BCUT2D eigenvalue weighted by Crippen LogP contribution is 2.27. The van der Waals surface area contributed by atoms with Gasteiger partial charge in [0.25, 0.3) is 0 Å². The van der Waals surface area contributed by atoms with Crippen LogP contribution >= 0.6 is 0 Å². The van der Waals surface area contributed by atoms with Gasteiger partial charge in [0.1, 0.15) is 0 Å². The van der Waals surface area contributed by atoms with E-state index in [-0.39, 0.29) is 0 Å². The number of piperidine rings is 1. The molecule has 2 rings (SSSR count). The molecule has 1 saturated heterocycles. The summed E-state index contributed by atoms with van der Waals surface area (Å²) in [4.78, 5) is 6.85. The van der Waals surface area contributed by atoms with Crippen molar-refractivity contribution in [3.63, 3.8) is 0 Å². The first-order valence-corrected chi connectivity index (χ1v) is 9.07. The molecule has 0 aliphatic carbocycles. The highest BCUT2D eigenvalue weighted by Gasteiger charge is 2.17. The number of nitrogens with zero attached hydrogens (tertiary/aromatic N) is 2. The van der Waals surface area contributed by atoms with E-state index in [2.05, 4.69) is 27.4 Å². The van der Waals surface area contributed by atoms with Crippen LogP contribution in [-0.4, -0.2) is 57.8 Å². The predicted molar refractivity (Wildman–Crippen MR) is 103 cm³/mol. The van der Waals surface area contributed by atoms with Gasteiger partial charge in [0.15, 0.2) is 17.5 Å². The van der Waals surface area contributed by atoms with Gasteiger partial charge in [-0.1, -0.05) is 12.5 Å². The van der Waals surface area contributed by atoms with Crippen LogP contribution in [0.3, 0.4) is 0 Å². The molecule has 0 bridgehead atoms. The molecule has 0 aromatic heterocycles. The molecule has 0 radical (unpaired) electrons. The van der Waals surface area contributed by atoms with Crippen LogP contribution in [0.4, 0.5) is 0 Å². The number of guanidine groups is 1. The number of methoxy groups -OCH3 is 2. The summed E-state index contributed by atoms with van der Waals surface area (Å²) in [5.74, 6) is 2.30. The number of nitrogens with one attached hydrogen (secondary N) is 2. The number of hydrogen-bond acceptors (Lipinski definition) is 4. The number of benzene rings is 1. The molecule has 0 spiro atoms. The van der Waals surface area contributed by atoms with Crippen LogP contribution in [0.5, 0.6) is 11.5 Å². The van der Waals surface area contributed by atoms with E-state index < -0.39 is 0 Å². The Balaban J connectivity index is 1.78. The summed E-state index contributed by atoms with van der Waals surface area (Å²) in [6, 6.07) is 6.62. The quantitative estimate of drug-likeness (QED) is 0.585. The van der Waals surface area contributed by atoms with E-state index in [4.69, 9.17) is 9.47 Å². The van der Waals surface area contributed by atoms with Crippen molar-refractivity contribution in [1.82, 2.24) is 15.5 Å². The van der Waals surface area contributed by atoms with Crippen molar-refractivity contribution in [2.24, 2.45) is 4.99 Å². The molecule has 1 atom stereocenters. The zero-order valence-corrected chi connectivity index (χ0v) is 16.0. The van der Waals surface area contributed by atoms with E-state index in [0.717, 1.165) is 36.1 Å². The standard InChI is InChI=1S/C19H32N4O2/c1-15-7-5-6-11-23(15)12-10-21-19(20-2)22-14-16-8-9-17(24-3)18(13-16)25-4/h8-9,13,15H,5-7,10-12,14H2,1-4H3,(H2,20,21,22). The summed E-state index contributed by atoms with van der Waals surface area (Å²) in [5, 5.41) is 6.75. The van der Waals surface area contributed by atoms with E-state index in [1.165, 1.54) is 25.8 Å². The van der Waals surface area contributed by atoms with Crippen molar-refractivity contribution < 1.29 is 9.47 Å². The molecule has 0 amide bonds. The van der Waals surface area contributed by atoms with Crippen LogP contribution < -0.4 is 20.1 Å². The lowest BCUT2D eigenvalue weighted by molar-refractivity contribution is 0.163. The minimum Gasteiger partial charge on any atom is -0.493 e. The lowest BCUT2D eigenvalue weighted by atomic mass is 10.0. The van der Waals surface area contributed by atoms with Gasteiger partial charge in [0.05, 0.1) is 14.2 Å². The van der Waals surface area contributed by atoms with Crippen LogP contribution in [-0.2, 0) is 6.54 Å². The number of ether oxygens (including phenoxy) is 2. The third-order valence-corrected chi connectivity index (χ3v) is 4.76. The molecule has 1 fully saturated rings. The van der Waals surface area contributed by atoms with Gasteiger partial charge in [-0.3, -0.25) is 9.89 Å². The molecule has 1 aliphatic heterocycles. The Morgan fingerprint density at radius 2 is 2.00 bits per heavy atom. The molecule has 2 N–H and O–H groups in total.